The number of benzene rings is 2. The summed E-state index contributed by atoms with van der Waals surface area (Å²) >= 11 is 5.83. The number of nitrogens with one attached hydrogen (secondary N) is 1. The molecule has 0 heterocycles. The van der Waals surface area contributed by atoms with Gasteiger partial charge < -0.3 is 15.2 Å². The number of hydrogen-bond donors (Lipinski definition) is 2. The lowest BCUT2D eigenvalue weighted by Crippen LogP contribution is -2.25. The molecule has 0 aliphatic heterocycles. The van der Waals surface area contributed by atoms with Gasteiger partial charge in [0.25, 0.3) is 0 Å². The maximum atomic E-state index is 11.9. The van der Waals surface area contributed by atoms with E-state index in [4.69, 9.17) is 21.4 Å². The number of rotatable bonds is 9. The number of ether oxygens (including phenoxy) is 1. The SMILES string of the molecule is O=C(O)COc1ccc(CCNC(=O)CCc2ccc(Cl)cc2)cc1. The highest BCUT2D eigenvalue weighted by Crippen LogP contribution is 2.13. The van der Waals surface area contributed by atoms with Crippen molar-refractivity contribution in [2.24, 2.45) is 0 Å². The van der Waals surface area contributed by atoms with Gasteiger partial charge in [0.05, 0.1) is 0 Å². The molecule has 0 bridgehead atoms. The topological polar surface area (TPSA) is 75.6 Å². The summed E-state index contributed by atoms with van der Waals surface area (Å²) in [6.45, 7) is 0.192. The van der Waals surface area contributed by atoms with E-state index >= 15 is 0 Å². The average Bonchev–Trinajstić information content (AvgIpc) is 2.60. The normalized spacial score (nSPS) is 10.3. The van der Waals surface area contributed by atoms with Crippen LogP contribution in [0.2, 0.25) is 5.02 Å². The number of carbonyl (C=O) groups excluding carboxylic acids is 1. The van der Waals surface area contributed by atoms with Gasteiger partial charge >= 0.3 is 5.97 Å². The molecule has 0 saturated heterocycles. The number of amides is 1. The summed E-state index contributed by atoms with van der Waals surface area (Å²) in [5.41, 5.74) is 2.12. The molecule has 6 heteroatoms. The van der Waals surface area contributed by atoms with Crippen LogP contribution >= 0.6 is 11.6 Å². The fourth-order valence-electron chi connectivity index (χ4n) is 2.24. The van der Waals surface area contributed by atoms with Crippen LogP contribution in [0.1, 0.15) is 17.5 Å². The third-order valence-corrected chi connectivity index (χ3v) is 3.83. The smallest absolute Gasteiger partial charge is 0.341 e. The summed E-state index contributed by atoms with van der Waals surface area (Å²) in [4.78, 5) is 22.3. The van der Waals surface area contributed by atoms with E-state index in [-0.39, 0.29) is 12.5 Å². The molecule has 5 nitrogen and oxygen atoms in total. The Kier molecular flexibility index (Phi) is 7.29. The number of carbonyl (C=O) groups is 2. The molecule has 2 aromatic carbocycles. The van der Waals surface area contributed by atoms with E-state index in [9.17, 15) is 9.59 Å². The van der Waals surface area contributed by atoms with Gasteiger partial charge in [-0.25, -0.2) is 4.79 Å². The van der Waals surface area contributed by atoms with E-state index in [1.807, 2.05) is 36.4 Å². The number of hydrogen-bond acceptors (Lipinski definition) is 3. The summed E-state index contributed by atoms with van der Waals surface area (Å²) < 4.78 is 5.07. The predicted octanol–water partition coefficient (Wildman–Crippen LogP) is 3.09. The van der Waals surface area contributed by atoms with Crippen molar-refractivity contribution in [2.45, 2.75) is 19.3 Å². The second-order valence-corrected chi connectivity index (χ2v) is 5.99. The van der Waals surface area contributed by atoms with Crippen LogP contribution in [-0.4, -0.2) is 30.1 Å². The molecule has 0 aliphatic rings. The number of carboxylic acids is 1. The van der Waals surface area contributed by atoms with Gasteiger partial charge in [-0.05, 0) is 48.2 Å². The Morgan fingerprint density at radius 2 is 1.56 bits per heavy atom. The zero-order chi connectivity index (χ0) is 18.1. The first-order valence-electron chi connectivity index (χ1n) is 7.97. The summed E-state index contributed by atoms with van der Waals surface area (Å²) in [7, 11) is 0. The number of carboxylic acid groups (broad SMARTS) is 1. The molecular formula is C19H20ClNO4. The van der Waals surface area contributed by atoms with Gasteiger partial charge in [-0.3, -0.25) is 4.79 Å². The van der Waals surface area contributed by atoms with Crippen molar-refractivity contribution in [3.8, 4) is 5.75 Å². The van der Waals surface area contributed by atoms with Gasteiger partial charge in [0.15, 0.2) is 6.61 Å². The Morgan fingerprint density at radius 1 is 0.960 bits per heavy atom. The molecule has 1 amide bonds. The predicted molar refractivity (Wildman–Crippen MR) is 96.1 cm³/mol. The Bertz CT molecular complexity index is 698. The number of halogens is 1. The van der Waals surface area contributed by atoms with Crippen molar-refractivity contribution in [1.29, 1.82) is 0 Å². The van der Waals surface area contributed by atoms with Crippen LogP contribution < -0.4 is 10.1 Å². The lowest BCUT2D eigenvalue weighted by Gasteiger charge is -2.07. The van der Waals surface area contributed by atoms with Crippen LogP contribution in [0.3, 0.4) is 0 Å². The minimum absolute atomic E-state index is 0.0105. The monoisotopic (exact) mass is 361 g/mol. The van der Waals surface area contributed by atoms with Crippen LogP contribution in [0.25, 0.3) is 0 Å². The molecule has 0 radical (unpaired) electrons. The first-order valence-corrected chi connectivity index (χ1v) is 8.35. The van der Waals surface area contributed by atoms with E-state index in [1.54, 1.807) is 12.1 Å². The standard InChI is InChI=1S/C19H20ClNO4/c20-16-6-1-14(2-7-16)5-10-18(22)21-12-11-15-3-8-17(9-4-15)25-13-19(23)24/h1-4,6-9H,5,10-13H2,(H,21,22)(H,23,24). The van der Waals surface area contributed by atoms with E-state index < -0.39 is 5.97 Å². The minimum atomic E-state index is -1.01. The summed E-state index contributed by atoms with van der Waals surface area (Å²) in [5.74, 6) is -0.486. The maximum absolute atomic E-state index is 11.9. The summed E-state index contributed by atoms with van der Waals surface area (Å²) in [6, 6.07) is 14.6. The summed E-state index contributed by atoms with van der Waals surface area (Å²) in [5, 5.41) is 12.1. The molecule has 0 saturated carbocycles. The van der Waals surface area contributed by atoms with E-state index in [1.165, 1.54) is 0 Å². The lowest BCUT2D eigenvalue weighted by molar-refractivity contribution is -0.139. The third kappa shape index (κ3) is 7.27. The second kappa shape index (κ2) is 9.69. The van der Waals surface area contributed by atoms with Crippen LogP contribution in [0.5, 0.6) is 5.75 Å². The average molecular weight is 362 g/mol. The zero-order valence-corrected chi connectivity index (χ0v) is 14.5. The van der Waals surface area contributed by atoms with Gasteiger partial charge in [-0.15, -0.1) is 0 Å². The molecule has 2 rings (SSSR count). The molecule has 0 spiro atoms. The molecule has 0 aliphatic carbocycles. The Labute approximate surface area is 151 Å². The van der Waals surface area contributed by atoms with E-state index in [2.05, 4.69) is 5.32 Å². The Hall–Kier alpha value is -2.53. The first kappa shape index (κ1) is 18.8. The number of aryl methyl sites for hydroxylation is 1. The highest BCUT2D eigenvalue weighted by molar-refractivity contribution is 6.30. The first-order chi connectivity index (χ1) is 12.0. The van der Waals surface area contributed by atoms with Gasteiger partial charge in [0.1, 0.15) is 5.75 Å². The van der Waals surface area contributed by atoms with Crippen molar-refractivity contribution in [3.63, 3.8) is 0 Å². The maximum Gasteiger partial charge on any atom is 0.341 e. The molecule has 0 aromatic heterocycles. The number of aliphatic carboxylic acids is 1. The highest BCUT2D eigenvalue weighted by atomic mass is 35.5. The molecular weight excluding hydrogens is 342 g/mol. The van der Waals surface area contributed by atoms with Gasteiger partial charge in [0.2, 0.25) is 5.91 Å². The molecule has 0 fully saturated rings. The van der Waals surface area contributed by atoms with Crippen LogP contribution in [0.15, 0.2) is 48.5 Å². The fraction of sp³-hybridized carbons (Fsp3) is 0.263. The van der Waals surface area contributed by atoms with Crippen LogP contribution in [0, 0.1) is 0 Å². The van der Waals surface area contributed by atoms with Crippen LogP contribution in [-0.2, 0) is 22.4 Å². The summed E-state index contributed by atoms with van der Waals surface area (Å²) in [6.07, 6.45) is 1.81. The highest BCUT2D eigenvalue weighted by Gasteiger charge is 2.03. The molecule has 25 heavy (non-hydrogen) atoms. The Balaban J connectivity index is 1.66. The van der Waals surface area contributed by atoms with Crippen molar-refractivity contribution in [2.75, 3.05) is 13.2 Å². The largest absolute Gasteiger partial charge is 0.482 e. The fourth-order valence-corrected chi connectivity index (χ4v) is 2.37. The zero-order valence-electron chi connectivity index (χ0n) is 13.7. The Morgan fingerprint density at radius 3 is 2.20 bits per heavy atom. The van der Waals surface area contributed by atoms with E-state index in [0.29, 0.717) is 36.6 Å². The minimum Gasteiger partial charge on any atom is -0.482 e. The van der Waals surface area contributed by atoms with Crippen molar-refractivity contribution >= 4 is 23.5 Å². The van der Waals surface area contributed by atoms with Crippen molar-refractivity contribution in [3.05, 3.63) is 64.7 Å². The quantitative estimate of drug-likeness (QED) is 0.719. The van der Waals surface area contributed by atoms with Gasteiger partial charge in [-0.1, -0.05) is 35.9 Å². The lowest BCUT2D eigenvalue weighted by atomic mass is 10.1. The van der Waals surface area contributed by atoms with Crippen LogP contribution in [0.4, 0.5) is 0 Å². The van der Waals surface area contributed by atoms with Gasteiger partial charge in [-0.2, -0.15) is 0 Å². The van der Waals surface area contributed by atoms with Crippen molar-refractivity contribution < 1.29 is 19.4 Å². The van der Waals surface area contributed by atoms with Crippen molar-refractivity contribution in [1.82, 2.24) is 5.32 Å². The molecule has 132 valence electrons. The van der Waals surface area contributed by atoms with E-state index in [0.717, 1.165) is 11.1 Å². The molecule has 0 unspecified atom stereocenters. The molecule has 0 atom stereocenters. The molecule has 2 N–H and O–H groups in total. The molecule has 2 aromatic rings. The van der Waals surface area contributed by atoms with Gasteiger partial charge in [0, 0.05) is 18.0 Å². The second-order valence-electron chi connectivity index (χ2n) is 5.55. The third-order valence-electron chi connectivity index (χ3n) is 3.58.